The number of hydrogen-bond donors (Lipinski definition) is 0. The van der Waals surface area contributed by atoms with Gasteiger partial charge < -0.3 is 14.2 Å². The van der Waals surface area contributed by atoms with Crippen molar-refractivity contribution in [1.82, 2.24) is 15.0 Å². The largest absolute Gasteiger partial charge is 0.370 e. The zero-order valence-electron chi connectivity index (χ0n) is 14.9. The van der Waals surface area contributed by atoms with Gasteiger partial charge in [-0.25, -0.2) is 0 Å². The molecule has 1 aromatic rings. The number of aromatic nitrogens is 2. The van der Waals surface area contributed by atoms with E-state index >= 15 is 0 Å². The Morgan fingerprint density at radius 2 is 1.96 bits per heavy atom. The fourth-order valence-electron chi connectivity index (χ4n) is 2.99. The van der Waals surface area contributed by atoms with E-state index in [0.29, 0.717) is 24.2 Å². The Balaban J connectivity index is 1.98. The number of piperidine rings is 1. The molecule has 0 aromatic carbocycles. The second-order valence-corrected chi connectivity index (χ2v) is 6.87. The number of likely N-dealkylation sites (tertiary alicyclic amines) is 1. The van der Waals surface area contributed by atoms with Crippen LogP contribution < -0.4 is 0 Å². The van der Waals surface area contributed by atoms with E-state index in [9.17, 15) is 4.79 Å². The van der Waals surface area contributed by atoms with Gasteiger partial charge in [-0.05, 0) is 25.7 Å². The van der Waals surface area contributed by atoms with Gasteiger partial charge in [0.2, 0.25) is 17.6 Å². The monoisotopic (exact) mass is 323 g/mol. The zero-order valence-corrected chi connectivity index (χ0v) is 14.9. The van der Waals surface area contributed by atoms with Crippen molar-refractivity contribution in [2.75, 3.05) is 19.7 Å². The van der Waals surface area contributed by atoms with Crippen LogP contribution in [0.3, 0.4) is 0 Å². The number of hydrogen-bond acceptors (Lipinski definition) is 5. The van der Waals surface area contributed by atoms with Crippen LogP contribution >= 0.6 is 0 Å². The normalized spacial score (nSPS) is 18.0. The molecule has 1 aromatic heterocycles. The molecule has 1 aliphatic heterocycles. The third kappa shape index (κ3) is 4.31. The van der Waals surface area contributed by atoms with E-state index in [2.05, 4.69) is 24.0 Å². The fraction of sp³-hybridized carbons (Fsp3) is 0.824. The quantitative estimate of drug-likeness (QED) is 0.804. The minimum absolute atomic E-state index is 0.0551. The molecule has 0 N–H and O–H groups in total. The highest BCUT2D eigenvalue weighted by atomic mass is 16.5. The van der Waals surface area contributed by atoms with Crippen molar-refractivity contribution < 1.29 is 14.1 Å². The number of ether oxygens (including phenoxy) is 1. The molecule has 6 nitrogen and oxygen atoms in total. The summed E-state index contributed by atoms with van der Waals surface area (Å²) in [5, 5.41) is 4.12. The van der Waals surface area contributed by atoms with Crippen LogP contribution in [-0.2, 0) is 9.53 Å². The molecule has 130 valence electrons. The molecule has 0 spiro atoms. The third-order valence-corrected chi connectivity index (χ3v) is 4.31. The molecule has 0 radical (unpaired) electrons. The Bertz CT molecular complexity index is 505. The van der Waals surface area contributed by atoms with Crippen LogP contribution in [0.4, 0.5) is 0 Å². The Labute approximate surface area is 138 Å². The van der Waals surface area contributed by atoms with Gasteiger partial charge in [0.15, 0.2) is 0 Å². The van der Waals surface area contributed by atoms with Crippen LogP contribution in [-0.4, -0.2) is 40.6 Å². The van der Waals surface area contributed by atoms with Gasteiger partial charge in [-0.3, -0.25) is 4.79 Å². The van der Waals surface area contributed by atoms with Gasteiger partial charge in [0.05, 0.1) is 0 Å². The van der Waals surface area contributed by atoms with Crippen LogP contribution in [0.25, 0.3) is 0 Å². The standard InChI is InChI=1S/C17H29N3O3/c1-6-22-14(11(2)3)15-18-16(23-19-15)13-7-9-20(10-8-13)17(21)12(4)5/h11-14H,6-10H2,1-5H3. The average Bonchev–Trinajstić information content (AvgIpc) is 3.01. The van der Waals surface area contributed by atoms with Crippen molar-refractivity contribution >= 4 is 5.91 Å². The lowest BCUT2D eigenvalue weighted by atomic mass is 9.96. The highest BCUT2D eigenvalue weighted by Gasteiger charge is 2.30. The molecule has 0 saturated carbocycles. The summed E-state index contributed by atoms with van der Waals surface area (Å²) in [4.78, 5) is 18.6. The summed E-state index contributed by atoms with van der Waals surface area (Å²) in [7, 11) is 0. The van der Waals surface area contributed by atoms with Gasteiger partial charge in [0.1, 0.15) is 6.10 Å². The Kier molecular flexibility index (Phi) is 6.16. The molecule has 1 amide bonds. The van der Waals surface area contributed by atoms with E-state index in [1.807, 2.05) is 25.7 Å². The number of rotatable bonds is 6. The molecular weight excluding hydrogens is 294 g/mol. The van der Waals surface area contributed by atoms with Crippen molar-refractivity contribution in [3.63, 3.8) is 0 Å². The molecular formula is C17H29N3O3. The average molecular weight is 323 g/mol. The van der Waals surface area contributed by atoms with Crippen LogP contribution in [0.15, 0.2) is 4.52 Å². The summed E-state index contributed by atoms with van der Waals surface area (Å²) >= 11 is 0. The highest BCUT2D eigenvalue weighted by molar-refractivity contribution is 5.78. The summed E-state index contributed by atoms with van der Waals surface area (Å²) < 4.78 is 11.2. The van der Waals surface area contributed by atoms with Crippen molar-refractivity contribution in [2.45, 2.75) is 59.5 Å². The van der Waals surface area contributed by atoms with Gasteiger partial charge in [-0.1, -0.05) is 32.9 Å². The minimum Gasteiger partial charge on any atom is -0.370 e. The van der Waals surface area contributed by atoms with E-state index in [4.69, 9.17) is 9.26 Å². The topological polar surface area (TPSA) is 68.5 Å². The molecule has 1 atom stereocenters. The van der Waals surface area contributed by atoms with Gasteiger partial charge in [-0.15, -0.1) is 0 Å². The zero-order chi connectivity index (χ0) is 17.0. The maximum atomic E-state index is 12.0. The Morgan fingerprint density at radius 1 is 1.30 bits per heavy atom. The van der Waals surface area contributed by atoms with Crippen LogP contribution in [0.1, 0.15) is 71.2 Å². The van der Waals surface area contributed by atoms with E-state index in [0.717, 1.165) is 25.9 Å². The van der Waals surface area contributed by atoms with Gasteiger partial charge in [0, 0.05) is 31.5 Å². The van der Waals surface area contributed by atoms with Crippen molar-refractivity contribution in [1.29, 1.82) is 0 Å². The molecule has 1 aliphatic rings. The second-order valence-electron chi connectivity index (χ2n) is 6.87. The third-order valence-electron chi connectivity index (χ3n) is 4.31. The lowest BCUT2D eigenvalue weighted by molar-refractivity contribution is -0.135. The van der Waals surface area contributed by atoms with Crippen molar-refractivity contribution in [3.05, 3.63) is 11.7 Å². The summed E-state index contributed by atoms with van der Waals surface area (Å²) in [5.74, 6) is 2.14. The highest BCUT2D eigenvalue weighted by Crippen LogP contribution is 2.30. The molecule has 23 heavy (non-hydrogen) atoms. The minimum atomic E-state index is -0.125. The molecule has 1 fully saturated rings. The summed E-state index contributed by atoms with van der Waals surface area (Å²) in [6, 6.07) is 0. The lowest BCUT2D eigenvalue weighted by Gasteiger charge is -2.31. The van der Waals surface area contributed by atoms with E-state index < -0.39 is 0 Å². The van der Waals surface area contributed by atoms with Gasteiger partial charge in [-0.2, -0.15) is 4.98 Å². The number of amides is 1. The SMILES string of the molecule is CCOC(c1noc(C2CCN(C(=O)C(C)C)CC2)n1)C(C)C. The van der Waals surface area contributed by atoms with Crippen molar-refractivity contribution in [2.24, 2.45) is 11.8 Å². The molecule has 0 bridgehead atoms. The smallest absolute Gasteiger partial charge is 0.229 e. The first-order chi connectivity index (χ1) is 10.9. The Hall–Kier alpha value is -1.43. The maximum Gasteiger partial charge on any atom is 0.229 e. The predicted molar refractivity (Wildman–Crippen MR) is 86.9 cm³/mol. The number of carbonyl (C=O) groups excluding carboxylic acids is 1. The summed E-state index contributed by atoms with van der Waals surface area (Å²) in [6.45, 7) is 12.2. The van der Waals surface area contributed by atoms with Crippen LogP contribution in [0.2, 0.25) is 0 Å². The fourth-order valence-corrected chi connectivity index (χ4v) is 2.99. The molecule has 6 heteroatoms. The predicted octanol–water partition coefficient (Wildman–Crippen LogP) is 3.17. The van der Waals surface area contributed by atoms with E-state index in [1.54, 1.807) is 0 Å². The summed E-state index contributed by atoms with van der Waals surface area (Å²) in [6.07, 6.45) is 1.63. The van der Waals surface area contributed by atoms with E-state index in [-0.39, 0.29) is 23.8 Å². The molecule has 2 heterocycles. The molecule has 0 aliphatic carbocycles. The first kappa shape index (κ1) is 17.9. The van der Waals surface area contributed by atoms with Crippen molar-refractivity contribution in [3.8, 4) is 0 Å². The molecule has 2 rings (SSSR count). The van der Waals surface area contributed by atoms with Crippen LogP contribution in [0, 0.1) is 11.8 Å². The van der Waals surface area contributed by atoms with E-state index in [1.165, 1.54) is 0 Å². The first-order valence-electron chi connectivity index (χ1n) is 8.67. The van der Waals surface area contributed by atoms with Gasteiger partial charge >= 0.3 is 0 Å². The lowest BCUT2D eigenvalue weighted by Crippen LogP contribution is -2.40. The number of carbonyl (C=O) groups is 1. The first-order valence-corrected chi connectivity index (χ1v) is 8.67. The van der Waals surface area contributed by atoms with Crippen LogP contribution in [0.5, 0.6) is 0 Å². The number of nitrogens with zero attached hydrogens (tertiary/aromatic N) is 3. The maximum absolute atomic E-state index is 12.0. The summed E-state index contributed by atoms with van der Waals surface area (Å²) in [5.41, 5.74) is 0. The second kappa shape index (κ2) is 7.90. The molecule has 1 saturated heterocycles. The van der Waals surface area contributed by atoms with Gasteiger partial charge in [0.25, 0.3) is 0 Å². The molecule has 1 unspecified atom stereocenters. The Morgan fingerprint density at radius 3 is 2.48 bits per heavy atom.